The Hall–Kier alpha value is -1.51. The van der Waals surface area contributed by atoms with Gasteiger partial charge in [0.15, 0.2) is 5.78 Å². The number of hydrogen-bond donors (Lipinski definition) is 3. The van der Waals surface area contributed by atoms with Crippen LogP contribution < -0.4 is 10.6 Å². The van der Waals surface area contributed by atoms with Crippen molar-refractivity contribution in [1.82, 2.24) is 15.5 Å². The molecule has 2 heterocycles. The number of ketones is 1. The van der Waals surface area contributed by atoms with E-state index in [0.717, 1.165) is 12.8 Å². The highest BCUT2D eigenvalue weighted by Crippen LogP contribution is 2.30. The Labute approximate surface area is 167 Å². The van der Waals surface area contributed by atoms with E-state index in [-0.39, 0.29) is 36.1 Å². The number of aliphatic hydroxyl groups is 1. The highest BCUT2D eigenvalue weighted by atomic mass is 16.5. The largest absolute Gasteiger partial charge is 0.391 e. The summed E-state index contributed by atoms with van der Waals surface area (Å²) < 4.78 is 5.52. The fraction of sp³-hybridized carbons (Fsp3) is 0.850. The van der Waals surface area contributed by atoms with Gasteiger partial charge in [0, 0.05) is 6.42 Å². The van der Waals surface area contributed by atoms with Crippen molar-refractivity contribution in [3.63, 3.8) is 0 Å². The molecule has 2 unspecified atom stereocenters. The highest BCUT2D eigenvalue weighted by Gasteiger charge is 2.41. The zero-order valence-corrected chi connectivity index (χ0v) is 17.6. The number of carbonyl (C=O) groups excluding carboxylic acids is 3. The Bertz CT molecular complexity index is 566. The Balaban J connectivity index is 1.97. The van der Waals surface area contributed by atoms with Crippen molar-refractivity contribution in [2.75, 3.05) is 20.3 Å². The van der Waals surface area contributed by atoms with Crippen molar-refractivity contribution in [3.05, 3.63) is 0 Å². The van der Waals surface area contributed by atoms with E-state index >= 15 is 0 Å². The van der Waals surface area contributed by atoms with Gasteiger partial charge in [0.1, 0.15) is 6.04 Å². The van der Waals surface area contributed by atoms with Crippen molar-refractivity contribution in [2.24, 2.45) is 11.8 Å². The maximum absolute atomic E-state index is 12.8. The molecule has 0 aliphatic carbocycles. The second kappa shape index (κ2) is 9.80. The molecule has 8 nitrogen and oxygen atoms in total. The number of Topliss-reactive ketones (excluding diaryl/α,β-unsaturated/α-hetero) is 1. The molecule has 2 bridgehead atoms. The lowest BCUT2D eigenvalue weighted by atomic mass is 9.92. The van der Waals surface area contributed by atoms with Gasteiger partial charge in [-0.2, -0.15) is 0 Å². The van der Waals surface area contributed by atoms with Crippen LogP contribution in [-0.2, 0) is 19.1 Å². The van der Waals surface area contributed by atoms with Crippen LogP contribution in [0, 0.1) is 11.8 Å². The number of nitrogens with zero attached hydrogens (tertiary/aromatic N) is 1. The van der Waals surface area contributed by atoms with Gasteiger partial charge in [-0.05, 0) is 38.6 Å². The number of likely N-dealkylation sites (N-methyl/N-ethyl adjacent to an activating group) is 1. The normalized spacial score (nSPS) is 25.9. The minimum atomic E-state index is -1.05. The van der Waals surface area contributed by atoms with Gasteiger partial charge >= 0.3 is 0 Å². The first-order valence-electron chi connectivity index (χ1n) is 10.2. The Morgan fingerprint density at radius 1 is 1.11 bits per heavy atom. The summed E-state index contributed by atoms with van der Waals surface area (Å²) in [4.78, 5) is 39.1. The van der Waals surface area contributed by atoms with Crippen molar-refractivity contribution >= 4 is 17.6 Å². The summed E-state index contributed by atoms with van der Waals surface area (Å²) in [7, 11) is 1.59. The van der Waals surface area contributed by atoms with Crippen molar-refractivity contribution in [1.29, 1.82) is 0 Å². The quantitative estimate of drug-likeness (QED) is 0.509. The summed E-state index contributed by atoms with van der Waals surface area (Å²) in [5, 5.41) is 16.3. The van der Waals surface area contributed by atoms with E-state index in [1.165, 1.54) is 6.92 Å². The van der Waals surface area contributed by atoms with Gasteiger partial charge in [-0.25, -0.2) is 0 Å². The molecule has 2 rings (SSSR count). The number of ether oxygens (including phenoxy) is 1. The van der Waals surface area contributed by atoms with E-state index in [2.05, 4.69) is 10.6 Å². The lowest BCUT2D eigenvalue weighted by Crippen LogP contribution is -2.57. The molecule has 0 aromatic heterocycles. The second-order valence-corrected chi connectivity index (χ2v) is 8.50. The predicted octanol–water partition coefficient (Wildman–Crippen LogP) is 0.0811. The van der Waals surface area contributed by atoms with Crippen LogP contribution in [0.4, 0.5) is 0 Å². The third-order valence-corrected chi connectivity index (χ3v) is 5.95. The molecule has 0 aromatic rings. The van der Waals surface area contributed by atoms with Crippen LogP contribution >= 0.6 is 0 Å². The van der Waals surface area contributed by atoms with Crippen molar-refractivity contribution < 1.29 is 24.2 Å². The molecule has 160 valence electrons. The number of morpholine rings is 1. The monoisotopic (exact) mass is 397 g/mol. The molecule has 8 heteroatoms. The molecule has 2 fully saturated rings. The molecule has 6 atom stereocenters. The first kappa shape index (κ1) is 22.8. The van der Waals surface area contributed by atoms with Gasteiger partial charge in [-0.1, -0.05) is 20.8 Å². The van der Waals surface area contributed by atoms with Gasteiger partial charge in [0.05, 0.1) is 37.4 Å². The van der Waals surface area contributed by atoms with Crippen LogP contribution in [0.1, 0.15) is 47.0 Å². The smallest absolute Gasteiger partial charge is 0.240 e. The number of aliphatic hydroxyl groups excluding tert-OH is 1. The molecule has 0 radical (unpaired) electrons. The van der Waals surface area contributed by atoms with Gasteiger partial charge in [0.2, 0.25) is 11.8 Å². The molecule has 0 spiro atoms. The average Bonchev–Trinajstić information content (AvgIpc) is 2.88. The fourth-order valence-corrected chi connectivity index (χ4v) is 4.30. The standard InChI is InChI=1S/C20H35N3O5/c1-11(2)17(13(4)24)22-20(27)18(21-5)19(26)12(3)8-16(25)23-14-6-7-15(23)10-28-9-14/h11-12,14-15,17-19,21,26H,6-10H2,1-5H3,(H,22,27)/t12-,14?,15?,17-,18-,19-/m1/s1. The van der Waals surface area contributed by atoms with Gasteiger partial charge in [-0.15, -0.1) is 0 Å². The number of amides is 2. The van der Waals surface area contributed by atoms with Crippen molar-refractivity contribution in [3.8, 4) is 0 Å². The predicted molar refractivity (Wildman–Crippen MR) is 105 cm³/mol. The van der Waals surface area contributed by atoms with E-state index < -0.39 is 30.0 Å². The molecule has 2 amide bonds. The van der Waals surface area contributed by atoms with E-state index in [9.17, 15) is 19.5 Å². The van der Waals surface area contributed by atoms with E-state index in [0.29, 0.717) is 13.2 Å². The summed E-state index contributed by atoms with van der Waals surface area (Å²) >= 11 is 0. The minimum Gasteiger partial charge on any atom is -0.391 e. The zero-order chi connectivity index (χ0) is 21.0. The molecule has 3 N–H and O–H groups in total. The van der Waals surface area contributed by atoms with E-state index in [1.54, 1.807) is 14.0 Å². The van der Waals surface area contributed by atoms with Crippen LogP contribution in [0.15, 0.2) is 0 Å². The zero-order valence-electron chi connectivity index (χ0n) is 17.6. The summed E-state index contributed by atoms with van der Waals surface area (Å²) in [5.74, 6) is -1.02. The number of hydrogen-bond acceptors (Lipinski definition) is 6. The number of rotatable bonds is 9. The molecule has 28 heavy (non-hydrogen) atoms. The molecule has 0 saturated carbocycles. The maximum atomic E-state index is 12.8. The second-order valence-electron chi connectivity index (χ2n) is 8.50. The van der Waals surface area contributed by atoms with Crippen molar-refractivity contribution in [2.45, 2.75) is 77.2 Å². The number of carbonyl (C=O) groups is 3. The van der Waals surface area contributed by atoms with Crippen LogP contribution in [0.5, 0.6) is 0 Å². The SMILES string of the molecule is CN[C@@H](C(=O)N[C@@H](C(C)=O)C(C)C)[C@H](O)[C@H](C)CC(=O)N1C2CCC1COC2. The Morgan fingerprint density at radius 2 is 1.68 bits per heavy atom. The third kappa shape index (κ3) is 5.10. The van der Waals surface area contributed by atoms with E-state index in [1.807, 2.05) is 18.7 Å². The Kier molecular flexibility index (Phi) is 7.97. The molecule has 2 aliphatic heterocycles. The van der Waals surface area contributed by atoms with Crippen LogP contribution in [0.25, 0.3) is 0 Å². The van der Waals surface area contributed by atoms with Crippen LogP contribution in [0.2, 0.25) is 0 Å². The van der Waals surface area contributed by atoms with Gasteiger partial charge in [-0.3, -0.25) is 14.4 Å². The van der Waals surface area contributed by atoms with E-state index in [4.69, 9.17) is 4.74 Å². The Morgan fingerprint density at radius 3 is 2.14 bits per heavy atom. The lowest BCUT2D eigenvalue weighted by molar-refractivity contribution is -0.143. The topological polar surface area (TPSA) is 108 Å². The van der Waals surface area contributed by atoms with Gasteiger partial charge < -0.3 is 25.4 Å². The molecular formula is C20H35N3O5. The summed E-state index contributed by atoms with van der Waals surface area (Å²) in [6, 6.07) is -1.25. The summed E-state index contributed by atoms with van der Waals surface area (Å²) in [6.45, 7) is 8.07. The third-order valence-electron chi connectivity index (χ3n) is 5.95. The van der Waals surface area contributed by atoms with Gasteiger partial charge in [0.25, 0.3) is 0 Å². The summed E-state index contributed by atoms with van der Waals surface area (Å²) in [6.07, 6.45) is 1.03. The lowest BCUT2D eigenvalue weighted by Gasteiger charge is -2.36. The van der Waals surface area contributed by atoms with Crippen LogP contribution in [-0.4, -0.2) is 78.1 Å². The number of fused-ring (bicyclic) bond motifs is 2. The maximum Gasteiger partial charge on any atom is 0.240 e. The molecular weight excluding hydrogens is 362 g/mol. The first-order chi connectivity index (χ1) is 13.2. The first-order valence-corrected chi connectivity index (χ1v) is 10.2. The van der Waals surface area contributed by atoms with Crippen LogP contribution in [0.3, 0.4) is 0 Å². The molecule has 2 aliphatic rings. The highest BCUT2D eigenvalue weighted by molar-refractivity contribution is 5.90. The molecule has 2 saturated heterocycles. The molecule has 0 aromatic carbocycles. The average molecular weight is 398 g/mol. The minimum absolute atomic E-state index is 0.00130. The summed E-state index contributed by atoms with van der Waals surface area (Å²) in [5.41, 5.74) is 0. The fourth-order valence-electron chi connectivity index (χ4n) is 4.30. The number of nitrogens with one attached hydrogen (secondary N) is 2.